The van der Waals surface area contributed by atoms with Crippen molar-refractivity contribution in [2.45, 2.75) is 18.7 Å². The van der Waals surface area contributed by atoms with Crippen molar-refractivity contribution in [3.05, 3.63) is 84.4 Å². The van der Waals surface area contributed by atoms with E-state index in [1.54, 1.807) is 48.5 Å². The molecule has 1 N–H and O–H groups in total. The number of nitrogens with one attached hydrogen (secondary N) is 1. The van der Waals surface area contributed by atoms with Crippen molar-refractivity contribution in [1.29, 1.82) is 0 Å². The Labute approximate surface area is 234 Å². The highest BCUT2D eigenvalue weighted by molar-refractivity contribution is 7.92. The van der Waals surface area contributed by atoms with Gasteiger partial charge in [-0.3, -0.25) is 9.10 Å². The predicted molar refractivity (Wildman–Crippen MR) is 154 cm³/mol. The quantitative estimate of drug-likeness (QED) is 0.175. The van der Waals surface area contributed by atoms with Crippen LogP contribution in [0.4, 0.5) is 5.69 Å². The van der Waals surface area contributed by atoms with E-state index in [0.717, 1.165) is 9.87 Å². The van der Waals surface area contributed by atoms with Crippen molar-refractivity contribution in [3.63, 3.8) is 0 Å². The Kier molecular flexibility index (Phi) is 10.5. The molecule has 0 aliphatic heterocycles. The average Bonchev–Trinajstić information content (AvgIpc) is 2.95. The minimum absolute atomic E-state index is 0.0153. The second kappa shape index (κ2) is 14.0. The largest absolute Gasteiger partial charge is 0.497 e. The predicted octanol–water partition coefficient (Wildman–Crippen LogP) is 4.32. The topological polar surface area (TPSA) is 116 Å². The van der Waals surface area contributed by atoms with E-state index in [4.69, 9.17) is 18.9 Å². The molecule has 0 atom stereocenters. The summed E-state index contributed by atoms with van der Waals surface area (Å²) >= 11 is 0. The lowest BCUT2D eigenvalue weighted by Gasteiger charge is -2.25. The molecule has 0 bridgehead atoms. The maximum atomic E-state index is 13.7. The molecule has 0 aromatic heterocycles. The van der Waals surface area contributed by atoms with E-state index in [1.807, 2.05) is 13.8 Å². The smallest absolute Gasteiger partial charge is 0.264 e. The van der Waals surface area contributed by atoms with Crippen molar-refractivity contribution < 1.29 is 32.2 Å². The van der Waals surface area contributed by atoms with Gasteiger partial charge in [-0.25, -0.2) is 13.8 Å². The summed E-state index contributed by atoms with van der Waals surface area (Å²) in [5.74, 6) is 1.03. The van der Waals surface area contributed by atoms with Crippen molar-refractivity contribution in [1.82, 2.24) is 5.43 Å². The zero-order valence-electron chi connectivity index (χ0n) is 22.9. The summed E-state index contributed by atoms with van der Waals surface area (Å²) < 4.78 is 50.3. The minimum Gasteiger partial charge on any atom is -0.497 e. The van der Waals surface area contributed by atoms with Crippen LogP contribution in [0.2, 0.25) is 0 Å². The molecule has 0 unspecified atom stereocenters. The van der Waals surface area contributed by atoms with Crippen molar-refractivity contribution >= 4 is 27.8 Å². The first-order valence-electron chi connectivity index (χ1n) is 12.4. The lowest BCUT2D eigenvalue weighted by atomic mass is 10.2. The average molecular weight is 568 g/mol. The first kappa shape index (κ1) is 30.0. The molecule has 0 aliphatic carbocycles. The lowest BCUT2D eigenvalue weighted by Crippen LogP contribution is -2.39. The molecule has 0 heterocycles. The normalized spacial score (nSPS) is 11.1. The fraction of sp³-hybridized carbons (Fsp3) is 0.241. The number of aryl methyl sites for hydroxylation is 1. The van der Waals surface area contributed by atoms with Crippen LogP contribution < -0.4 is 28.7 Å². The monoisotopic (exact) mass is 567 g/mol. The summed E-state index contributed by atoms with van der Waals surface area (Å²) in [5, 5.41) is 4.01. The van der Waals surface area contributed by atoms with Crippen molar-refractivity contribution in [2.24, 2.45) is 5.10 Å². The number of hydrazone groups is 1. The maximum absolute atomic E-state index is 13.7. The maximum Gasteiger partial charge on any atom is 0.264 e. The van der Waals surface area contributed by atoms with Crippen LogP contribution in [-0.2, 0) is 14.8 Å². The number of methoxy groups -OCH3 is 2. The van der Waals surface area contributed by atoms with Gasteiger partial charge < -0.3 is 18.9 Å². The van der Waals surface area contributed by atoms with Gasteiger partial charge in [0.2, 0.25) is 0 Å². The summed E-state index contributed by atoms with van der Waals surface area (Å²) in [6, 6.07) is 16.2. The molecule has 11 heteroatoms. The van der Waals surface area contributed by atoms with E-state index in [2.05, 4.69) is 17.1 Å². The standard InChI is InChI=1S/C29H33N3O7S/c1-6-16-39-27-14-10-22(17-28(27)38-7-2)19-30-31-29(33)20-32(25-18-23(36-4)11-15-26(25)37-5)40(34,35)24-12-8-21(3)9-13-24/h6,8-15,17-19H,1,7,16,20H2,2-5H3,(H,31,33)/b30-19-. The Balaban J connectivity index is 1.88. The number of carbonyl (C=O) groups excluding carboxylic acids is 1. The summed E-state index contributed by atoms with van der Waals surface area (Å²) in [6.45, 7) is 7.52. The van der Waals surface area contributed by atoms with Crippen LogP contribution >= 0.6 is 0 Å². The van der Waals surface area contributed by atoms with Gasteiger partial charge in [-0.05, 0) is 61.9 Å². The number of rotatable bonds is 14. The highest BCUT2D eigenvalue weighted by Gasteiger charge is 2.30. The molecule has 40 heavy (non-hydrogen) atoms. The summed E-state index contributed by atoms with van der Waals surface area (Å²) in [7, 11) is -1.31. The first-order chi connectivity index (χ1) is 19.2. The number of hydrogen-bond acceptors (Lipinski definition) is 8. The third-order valence-corrected chi connectivity index (χ3v) is 7.35. The molecule has 0 aliphatic rings. The molecular weight excluding hydrogens is 534 g/mol. The van der Waals surface area contributed by atoms with Crippen LogP contribution in [-0.4, -0.2) is 54.5 Å². The number of anilines is 1. The molecule has 212 valence electrons. The number of carbonyl (C=O) groups is 1. The van der Waals surface area contributed by atoms with Crippen LogP contribution in [0, 0.1) is 6.92 Å². The number of sulfonamides is 1. The van der Waals surface area contributed by atoms with Crippen LogP contribution in [0.5, 0.6) is 23.0 Å². The van der Waals surface area contributed by atoms with Gasteiger partial charge in [0, 0.05) is 6.07 Å². The van der Waals surface area contributed by atoms with Gasteiger partial charge in [0.15, 0.2) is 11.5 Å². The fourth-order valence-electron chi connectivity index (χ4n) is 3.61. The Bertz CT molecular complexity index is 1450. The molecule has 3 aromatic rings. The van der Waals surface area contributed by atoms with Gasteiger partial charge >= 0.3 is 0 Å². The lowest BCUT2D eigenvalue weighted by molar-refractivity contribution is -0.119. The fourth-order valence-corrected chi connectivity index (χ4v) is 5.04. The molecule has 0 saturated heterocycles. The highest BCUT2D eigenvalue weighted by atomic mass is 32.2. The summed E-state index contributed by atoms with van der Waals surface area (Å²) in [5.41, 5.74) is 4.06. The molecule has 0 saturated carbocycles. The van der Waals surface area contributed by atoms with Crippen LogP contribution in [0.15, 0.2) is 83.3 Å². The van der Waals surface area contributed by atoms with E-state index in [9.17, 15) is 13.2 Å². The molecule has 1 amide bonds. The number of amides is 1. The minimum atomic E-state index is -4.18. The van der Waals surface area contributed by atoms with Crippen LogP contribution in [0.1, 0.15) is 18.1 Å². The third kappa shape index (κ3) is 7.54. The van der Waals surface area contributed by atoms with Gasteiger partial charge in [-0.2, -0.15) is 5.10 Å². The van der Waals surface area contributed by atoms with Crippen molar-refractivity contribution in [2.75, 3.05) is 38.3 Å². The van der Waals surface area contributed by atoms with Gasteiger partial charge in [-0.1, -0.05) is 30.4 Å². The Morgan fingerprint density at radius 2 is 1.70 bits per heavy atom. The van der Waals surface area contributed by atoms with E-state index < -0.39 is 22.5 Å². The number of nitrogens with zero attached hydrogens (tertiary/aromatic N) is 2. The van der Waals surface area contributed by atoms with Gasteiger partial charge in [0.25, 0.3) is 15.9 Å². The molecule has 0 spiro atoms. The van der Waals surface area contributed by atoms with Gasteiger partial charge in [0.05, 0.1) is 37.6 Å². The van der Waals surface area contributed by atoms with Crippen LogP contribution in [0.3, 0.4) is 0 Å². The van der Waals surface area contributed by atoms with E-state index >= 15 is 0 Å². The Morgan fingerprint density at radius 3 is 2.35 bits per heavy atom. The molecule has 3 rings (SSSR count). The number of benzene rings is 3. The SMILES string of the molecule is C=CCOc1ccc(/C=N\NC(=O)CN(c2cc(OC)ccc2OC)S(=O)(=O)c2ccc(C)cc2)cc1OCC. The van der Waals surface area contributed by atoms with E-state index in [-0.39, 0.29) is 16.3 Å². The Morgan fingerprint density at radius 1 is 0.975 bits per heavy atom. The Hall–Kier alpha value is -4.51. The summed E-state index contributed by atoms with van der Waals surface area (Å²) in [4.78, 5) is 13.0. The van der Waals surface area contributed by atoms with Crippen molar-refractivity contribution in [3.8, 4) is 23.0 Å². The van der Waals surface area contributed by atoms with E-state index in [1.165, 1.54) is 38.6 Å². The zero-order chi connectivity index (χ0) is 29.1. The van der Waals surface area contributed by atoms with Gasteiger partial charge in [-0.15, -0.1) is 0 Å². The second-order valence-electron chi connectivity index (χ2n) is 8.39. The summed E-state index contributed by atoms with van der Waals surface area (Å²) in [6.07, 6.45) is 3.05. The molecule has 0 fully saturated rings. The van der Waals surface area contributed by atoms with Crippen LogP contribution in [0.25, 0.3) is 0 Å². The highest BCUT2D eigenvalue weighted by Crippen LogP contribution is 2.35. The second-order valence-corrected chi connectivity index (χ2v) is 10.3. The zero-order valence-corrected chi connectivity index (χ0v) is 23.7. The first-order valence-corrected chi connectivity index (χ1v) is 13.8. The molecule has 0 radical (unpaired) electrons. The molecule has 10 nitrogen and oxygen atoms in total. The molecular formula is C29H33N3O7S. The van der Waals surface area contributed by atoms with Gasteiger partial charge in [0.1, 0.15) is 24.7 Å². The number of hydrogen-bond donors (Lipinski definition) is 1. The van der Waals surface area contributed by atoms with E-state index in [0.29, 0.717) is 36.0 Å². The third-order valence-electron chi connectivity index (χ3n) is 5.58. The molecule has 3 aromatic carbocycles. The number of ether oxygens (including phenoxy) is 4.